The first-order chi connectivity index (χ1) is 13.5. The van der Waals surface area contributed by atoms with Gasteiger partial charge in [0.2, 0.25) is 11.9 Å². The first-order valence-electron chi connectivity index (χ1n) is 9.61. The van der Waals surface area contributed by atoms with Crippen molar-refractivity contribution < 1.29 is 23.6 Å². The molecule has 4 rings (SSSR count). The number of morpholine rings is 1. The summed E-state index contributed by atoms with van der Waals surface area (Å²) in [4.78, 5) is 35.7. The summed E-state index contributed by atoms with van der Waals surface area (Å²) in [5.74, 6) is 0.944. The van der Waals surface area contributed by atoms with Crippen LogP contribution in [-0.2, 0) is 20.8 Å². The minimum atomic E-state index is -0.593. The molecule has 0 saturated carbocycles. The van der Waals surface area contributed by atoms with E-state index in [0.29, 0.717) is 51.2 Å². The predicted octanol–water partition coefficient (Wildman–Crippen LogP) is -0.459. The van der Waals surface area contributed by atoms with E-state index in [-0.39, 0.29) is 11.9 Å². The lowest BCUT2D eigenvalue weighted by molar-refractivity contribution is -0.677. The summed E-state index contributed by atoms with van der Waals surface area (Å²) in [6.45, 7) is 7.21. The lowest BCUT2D eigenvalue weighted by Crippen LogP contribution is -2.63. The largest absolute Gasteiger partial charge is 0.402 e. The molecule has 1 aromatic heterocycles. The zero-order chi connectivity index (χ0) is 19.8. The fraction of sp³-hybridized carbons (Fsp3) is 0.667. The van der Waals surface area contributed by atoms with Crippen LogP contribution in [0.25, 0.3) is 0 Å². The summed E-state index contributed by atoms with van der Waals surface area (Å²) in [6.07, 6.45) is 1.92. The first-order valence-corrected chi connectivity index (χ1v) is 9.61. The number of hydrogen-bond donors (Lipinski definition) is 0. The molecule has 0 spiro atoms. The van der Waals surface area contributed by atoms with Crippen LogP contribution in [0.2, 0.25) is 0 Å². The standard InChI is InChI=1S/C18H27N6O4/c1-13-12-24-14-15(19-17(24)22(13)8-9-27-3)20(2)18(26)23(16(14)25)5-4-21-6-10-28-11-7-21/h12,14H,4-11H2,1-3H3/q+1. The minimum absolute atomic E-state index is 0.220. The van der Waals surface area contributed by atoms with Gasteiger partial charge in [-0.15, -0.1) is 0 Å². The maximum Gasteiger partial charge on any atom is 0.402 e. The van der Waals surface area contributed by atoms with Crippen molar-refractivity contribution in [1.29, 1.82) is 0 Å². The molecule has 152 valence electrons. The van der Waals surface area contributed by atoms with Crippen molar-refractivity contribution in [1.82, 2.24) is 19.3 Å². The molecular weight excluding hydrogens is 364 g/mol. The topological polar surface area (TPSA) is 83.5 Å². The number of aryl methyl sites for hydroxylation is 1. The van der Waals surface area contributed by atoms with Gasteiger partial charge >= 0.3 is 12.0 Å². The van der Waals surface area contributed by atoms with Crippen molar-refractivity contribution in [2.45, 2.75) is 19.5 Å². The van der Waals surface area contributed by atoms with Gasteiger partial charge in [-0.2, -0.15) is 0 Å². The summed E-state index contributed by atoms with van der Waals surface area (Å²) in [6, 6.07) is -0.913. The van der Waals surface area contributed by atoms with Crippen LogP contribution >= 0.6 is 0 Å². The van der Waals surface area contributed by atoms with E-state index in [1.807, 2.05) is 22.3 Å². The smallest absolute Gasteiger partial charge is 0.381 e. The Kier molecular flexibility index (Phi) is 5.17. The van der Waals surface area contributed by atoms with Gasteiger partial charge in [-0.3, -0.25) is 19.5 Å². The van der Waals surface area contributed by atoms with Crippen LogP contribution in [0, 0.1) is 6.92 Å². The number of hydrogen-bond acceptors (Lipinski definition) is 6. The Balaban J connectivity index is 1.57. The van der Waals surface area contributed by atoms with Crippen LogP contribution in [0.5, 0.6) is 0 Å². The highest BCUT2D eigenvalue weighted by Crippen LogP contribution is 2.29. The number of imidazole rings is 1. The monoisotopic (exact) mass is 391 g/mol. The van der Waals surface area contributed by atoms with Crippen LogP contribution in [0.4, 0.5) is 10.7 Å². The number of imide groups is 1. The maximum absolute atomic E-state index is 13.2. The Morgan fingerprint density at radius 2 is 2.00 bits per heavy atom. The zero-order valence-electron chi connectivity index (χ0n) is 16.6. The second-order valence-electron chi connectivity index (χ2n) is 7.28. The van der Waals surface area contributed by atoms with E-state index in [9.17, 15) is 9.59 Å². The highest BCUT2D eigenvalue weighted by molar-refractivity contribution is 6.19. The molecule has 2 fully saturated rings. The predicted molar refractivity (Wildman–Crippen MR) is 99.5 cm³/mol. The number of nitrogens with zero attached hydrogens (tertiary/aromatic N) is 6. The fourth-order valence-corrected chi connectivity index (χ4v) is 3.96. The molecule has 10 nitrogen and oxygen atoms in total. The van der Waals surface area contributed by atoms with E-state index in [0.717, 1.165) is 18.8 Å². The number of rotatable bonds is 6. The average Bonchev–Trinajstić information content (AvgIpc) is 3.20. The summed E-state index contributed by atoms with van der Waals surface area (Å²) < 4.78 is 14.4. The van der Waals surface area contributed by atoms with E-state index in [1.54, 1.807) is 14.2 Å². The third-order valence-electron chi connectivity index (χ3n) is 5.59. The van der Waals surface area contributed by atoms with Crippen LogP contribution in [-0.4, -0.2) is 97.2 Å². The quantitative estimate of drug-likeness (QED) is 0.613. The molecule has 0 N–H and O–H groups in total. The molecule has 0 aliphatic carbocycles. The highest BCUT2D eigenvalue weighted by atomic mass is 16.5. The van der Waals surface area contributed by atoms with E-state index in [1.165, 1.54) is 9.80 Å². The van der Waals surface area contributed by atoms with Gasteiger partial charge < -0.3 is 9.47 Å². The van der Waals surface area contributed by atoms with Crippen molar-refractivity contribution in [2.75, 3.05) is 60.2 Å². The van der Waals surface area contributed by atoms with Crippen LogP contribution in [0.15, 0.2) is 11.2 Å². The second kappa shape index (κ2) is 7.61. The summed E-state index contributed by atoms with van der Waals surface area (Å²) >= 11 is 0. The summed E-state index contributed by atoms with van der Waals surface area (Å²) in [7, 11) is 3.33. The van der Waals surface area contributed by atoms with Crippen LogP contribution < -0.4 is 4.57 Å². The SMILES string of the molecule is COCCn1c(C)c[n+]2c1N=C1C2C(=O)N(CCN2CCOCC2)C(=O)N1C. The normalized spacial score (nSPS) is 22.5. The van der Waals surface area contributed by atoms with Gasteiger partial charge in [0.25, 0.3) is 5.91 Å². The molecule has 1 aromatic rings. The number of methoxy groups -OCH3 is 1. The van der Waals surface area contributed by atoms with Gasteiger partial charge in [0, 0.05) is 40.3 Å². The molecule has 0 aromatic carbocycles. The van der Waals surface area contributed by atoms with Crippen molar-refractivity contribution in [3.8, 4) is 0 Å². The van der Waals surface area contributed by atoms with E-state index >= 15 is 0 Å². The Morgan fingerprint density at radius 1 is 1.25 bits per heavy atom. The number of carbonyl (C=O) groups excluding carboxylic acids is 2. The molecular formula is C18H27N6O4+. The third kappa shape index (κ3) is 3.11. The van der Waals surface area contributed by atoms with Gasteiger partial charge in [-0.05, 0) is 6.92 Å². The summed E-state index contributed by atoms with van der Waals surface area (Å²) in [5.41, 5.74) is 1.00. The lowest BCUT2D eigenvalue weighted by atomic mass is 10.1. The van der Waals surface area contributed by atoms with Gasteiger partial charge in [-0.1, -0.05) is 4.99 Å². The number of fused-ring (bicyclic) bond motifs is 3. The number of amidine groups is 1. The molecule has 1 atom stereocenters. The number of ether oxygens (including phenoxy) is 2. The molecule has 2 saturated heterocycles. The maximum atomic E-state index is 13.2. The van der Waals surface area contributed by atoms with E-state index in [4.69, 9.17) is 9.47 Å². The molecule has 0 radical (unpaired) electrons. The third-order valence-corrected chi connectivity index (χ3v) is 5.59. The molecule has 4 heterocycles. The Bertz CT molecular complexity index is 813. The number of amides is 3. The number of likely N-dealkylation sites (N-methyl/N-ethyl adjacent to an activating group) is 1. The molecule has 3 aliphatic heterocycles. The van der Waals surface area contributed by atoms with Crippen molar-refractivity contribution in [3.63, 3.8) is 0 Å². The van der Waals surface area contributed by atoms with Gasteiger partial charge in [-0.25, -0.2) is 13.9 Å². The molecule has 3 amide bonds. The molecule has 28 heavy (non-hydrogen) atoms. The van der Waals surface area contributed by atoms with Crippen molar-refractivity contribution >= 4 is 23.7 Å². The average molecular weight is 391 g/mol. The molecule has 10 heteroatoms. The Morgan fingerprint density at radius 3 is 2.71 bits per heavy atom. The number of aliphatic imine (C=N–C) groups is 1. The lowest BCUT2D eigenvalue weighted by Gasteiger charge is -2.35. The Hall–Kier alpha value is -2.30. The molecule has 0 bridgehead atoms. The fourth-order valence-electron chi connectivity index (χ4n) is 3.96. The van der Waals surface area contributed by atoms with E-state index in [2.05, 4.69) is 9.89 Å². The number of aromatic nitrogens is 2. The van der Waals surface area contributed by atoms with Crippen LogP contribution in [0.3, 0.4) is 0 Å². The number of carbonyl (C=O) groups is 2. The first kappa shape index (κ1) is 19.0. The number of urea groups is 1. The minimum Gasteiger partial charge on any atom is -0.381 e. The highest BCUT2D eigenvalue weighted by Gasteiger charge is 2.53. The van der Waals surface area contributed by atoms with E-state index < -0.39 is 6.04 Å². The van der Waals surface area contributed by atoms with Gasteiger partial charge in [0.1, 0.15) is 11.9 Å². The van der Waals surface area contributed by atoms with Gasteiger partial charge in [0.15, 0.2) is 0 Å². The zero-order valence-corrected chi connectivity index (χ0v) is 16.6. The van der Waals surface area contributed by atoms with Gasteiger partial charge in [0.05, 0.1) is 26.4 Å². The molecule has 1 unspecified atom stereocenters. The Labute approximate surface area is 163 Å². The summed E-state index contributed by atoms with van der Waals surface area (Å²) in [5, 5.41) is 0. The molecule has 3 aliphatic rings. The van der Waals surface area contributed by atoms with Crippen LogP contribution in [0.1, 0.15) is 11.7 Å². The van der Waals surface area contributed by atoms with Crippen molar-refractivity contribution in [2.24, 2.45) is 4.99 Å². The van der Waals surface area contributed by atoms with Crippen molar-refractivity contribution in [3.05, 3.63) is 11.9 Å². The second-order valence-corrected chi connectivity index (χ2v) is 7.28.